The average molecular weight is 117 g/mol. The molecule has 7 heavy (non-hydrogen) atoms. The molecular formula is C4H5ClN2. The van der Waals surface area contributed by atoms with E-state index in [0.29, 0.717) is 11.8 Å². The van der Waals surface area contributed by atoms with Crippen LogP contribution in [0, 0.1) is 6.54 Å². The van der Waals surface area contributed by atoms with Gasteiger partial charge in [0.05, 0.1) is 6.67 Å². The van der Waals surface area contributed by atoms with Gasteiger partial charge in [-0.05, 0) is 7.05 Å². The first-order valence-corrected chi connectivity index (χ1v) is 2.34. The predicted molar refractivity (Wildman–Crippen MR) is 29.2 cm³/mol. The Bertz CT molecular complexity index is 99.9. The van der Waals surface area contributed by atoms with Gasteiger partial charge in [0.2, 0.25) is 0 Å². The number of hydrogen-bond donors (Lipinski definition) is 0. The molecule has 1 heterocycles. The maximum absolute atomic E-state index is 5.40. The van der Waals surface area contributed by atoms with Gasteiger partial charge in [-0.2, -0.15) is 0 Å². The van der Waals surface area contributed by atoms with E-state index in [0.717, 1.165) is 0 Å². The zero-order valence-electron chi connectivity index (χ0n) is 3.98. The van der Waals surface area contributed by atoms with Crippen LogP contribution >= 0.6 is 11.6 Å². The van der Waals surface area contributed by atoms with E-state index < -0.39 is 0 Å². The molecule has 0 saturated carbocycles. The molecule has 0 fully saturated rings. The Morgan fingerprint density at radius 2 is 2.71 bits per heavy atom. The van der Waals surface area contributed by atoms with Crippen molar-refractivity contribution < 1.29 is 0 Å². The highest BCUT2D eigenvalue weighted by atomic mass is 35.5. The molecule has 0 aromatic heterocycles. The lowest BCUT2D eigenvalue weighted by molar-refractivity contribution is 0.470. The predicted octanol–water partition coefficient (Wildman–Crippen LogP) is 0.565. The summed E-state index contributed by atoms with van der Waals surface area (Å²) in [7, 11) is 1.87. The number of rotatable bonds is 0. The Hall–Kier alpha value is -0.0800. The van der Waals surface area contributed by atoms with E-state index in [1.165, 1.54) is 0 Å². The van der Waals surface area contributed by atoms with E-state index in [-0.39, 0.29) is 0 Å². The van der Waals surface area contributed by atoms with Crippen LogP contribution < -0.4 is 0 Å². The highest BCUT2D eigenvalue weighted by Crippen LogP contribution is 2.03. The highest BCUT2D eigenvalue weighted by molar-refractivity contribution is 6.67. The minimum atomic E-state index is 0.475. The average Bonchev–Trinajstić information content (AvgIpc) is 1.87. The Labute approximate surface area is 47.8 Å². The summed E-state index contributed by atoms with van der Waals surface area (Å²) in [5.74, 6) is 0. The van der Waals surface area contributed by atoms with Crippen LogP contribution in [0.25, 0.3) is 0 Å². The van der Waals surface area contributed by atoms with Gasteiger partial charge in [-0.15, -0.1) is 0 Å². The number of halogens is 1. The largest absolute Gasteiger partial charge is 0.271 e. The highest BCUT2D eigenvalue weighted by Gasteiger charge is 2.08. The van der Waals surface area contributed by atoms with Gasteiger partial charge in [0.1, 0.15) is 11.7 Å². The summed E-state index contributed by atoms with van der Waals surface area (Å²) in [5, 5.41) is 0.475. The minimum Gasteiger partial charge on any atom is -0.271 e. The second-order valence-corrected chi connectivity index (χ2v) is 1.76. The van der Waals surface area contributed by atoms with Crippen molar-refractivity contribution in [2.45, 2.75) is 0 Å². The van der Waals surface area contributed by atoms with Gasteiger partial charge in [0.15, 0.2) is 0 Å². The van der Waals surface area contributed by atoms with Crippen molar-refractivity contribution in [3.8, 4) is 0 Å². The van der Waals surface area contributed by atoms with Crippen molar-refractivity contribution in [1.29, 1.82) is 0 Å². The van der Waals surface area contributed by atoms with E-state index >= 15 is 0 Å². The van der Waals surface area contributed by atoms with Crippen LogP contribution in [-0.2, 0) is 0 Å². The summed E-state index contributed by atoms with van der Waals surface area (Å²) in [6.07, 6.45) is 0. The molecule has 0 saturated heterocycles. The summed E-state index contributed by atoms with van der Waals surface area (Å²) in [6.45, 7) is 3.42. The molecule has 0 aromatic carbocycles. The number of hydrogen-bond acceptors (Lipinski definition) is 2. The third kappa shape index (κ3) is 1.14. The van der Waals surface area contributed by atoms with Crippen LogP contribution in [0.2, 0.25) is 0 Å². The van der Waals surface area contributed by atoms with E-state index in [4.69, 9.17) is 11.6 Å². The van der Waals surface area contributed by atoms with Gasteiger partial charge in [0, 0.05) is 0 Å². The lowest BCUT2D eigenvalue weighted by atomic mass is 10.7. The van der Waals surface area contributed by atoms with Crippen molar-refractivity contribution >= 4 is 16.8 Å². The van der Waals surface area contributed by atoms with Crippen LogP contribution in [0.4, 0.5) is 0 Å². The lowest BCUT2D eigenvalue weighted by Crippen LogP contribution is -2.09. The molecule has 0 N–H and O–H groups in total. The fourth-order valence-electron chi connectivity index (χ4n) is 0.396. The van der Waals surface area contributed by atoms with Gasteiger partial charge < -0.3 is 0 Å². The molecule has 1 aliphatic heterocycles. The minimum absolute atomic E-state index is 0.475. The van der Waals surface area contributed by atoms with Gasteiger partial charge >= 0.3 is 0 Å². The molecule has 1 aliphatic rings. The smallest absolute Gasteiger partial charge is 0.131 e. The van der Waals surface area contributed by atoms with Gasteiger partial charge in [-0.3, -0.25) is 9.89 Å². The Kier molecular flexibility index (Phi) is 1.30. The number of aliphatic imine (C=N–C) groups is 1. The number of nitrogens with zero attached hydrogens (tertiary/aromatic N) is 2. The molecule has 0 spiro atoms. The van der Waals surface area contributed by atoms with Crippen molar-refractivity contribution in [2.24, 2.45) is 4.99 Å². The third-order valence-electron chi connectivity index (χ3n) is 0.705. The maximum atomic E-state index is 5.40. The first kappa shape index (κ1) is 5.06. The summed E-state index contributed by atoms with van der Waals surface area (Å²) in [5.41, 5.74) is 0. The van der Waals surface area contributed by atoms with E-state index in [1.54, 1.807) is 4.90 Å². The van der Waals surface area contributed by atoms with Gasteiger partial charge in [-0.1, -0.05) is 11.6 Å². The van der Waals surface area contributed by atoms with Crippen LogP contribution in [-0.4, -0.2) is 23.8 Å². The Morgan fingerprint density at radius 1 is 2.00 bits per heavy atom. The summed E-state index contributed by atoms with van der Waals surface area (Å²) < 4.78 is 0. The van der Waals surface area contributed by atoms with E-state index in [1.807, 2.05) is 7.05 Å². The van der Waals surface area contributed by atoms with E-state index in [9.17, 15) is 0 Å². The summed E-state index contributed by atoms with van der Waals surface area (Å²) in [6, 6.07) is 0. The molecule has 0 aliphatic carbocycles. The monoisotopic (exact) mass is 116 g/mol. The molecule has 38 valence electrons. The fourth-order valence-corrected chi connectivity index (χ4v) is 0.594. The van der Waals surface area contributed by atoms with E-state index in [2.05, 4.69) is 11.5 Å². The summed E-state index contributed by atoms with van der Waals surface area (Å²) in [4.78, 5) is 5.61. The SMILES string of the molecule is CN1[C]C(Cl)=NC1. The first-order valence-electron chi connectivity index (χ1n) is 1.97. The zero-order valence-corrected chi connectivity index (χ0v) is 4.74. The molecule has 0 amide bonds. The zero-order chi connectivity index (χ0) is 5.28. The molecule has 0 aromatic rings. The molecular weight excluding hydrogens is 112 g/mol. The summed E-state index contributed by atoms with van der Waals surface area (Å²) >= 11 is 5.40. The fraction of sp³-hybridized carbons (Fsp3) is 0.500. The molecule has 0 unspecified atom stereocenters. The molecule has 0 atom stereocenters. The van der Waals surface area contributed by atoms with Gasteiger partial charge in [-0.25, -0.2) is 0 Å². The van der Waals surface area contributed by atoms with Crippen LogP contribution in [0.5, 0.6) is 0 Å². The van der Waals surface area contributed by atoms with Gasteiger partial charge in [0.25, 0.3) is 0 Å². The van der Waals surface area contributed by atoms with Crippen molar-refractivity contribution in [2.75, 3.05) is 13.7 Å². The van der Waals surface area contributed by atoms with Crippen molar-refractivity contribution in [3.05, 3.63) is 6.54 Å². The standard InChI is InChI=1S/C4H5ClN2/c1-7-2-4(5)6-3-7/h3H2,1H3. The van der Waals surface area contributed by atoms with Crippen LogP contribution in [0.1, 0.15) is 0 Å². The van der Waals surface area contributed by atoms with Crippen molar-refractivity contribution in [1.82, 2.24) is 4.90 Å². The molecule has 1 rings (SSSR count). The molecule has 0 bridgehead atoms. The normalized spacial score (nSPS) is 22.9. The lowest BCUT2D eigenvalue weighted by Gasteiger charge is -1.98. The third-order valence-corrected chi connectivity index (χ3v) is 0.909. The molecule has 2 radical (unpaired) electrons. The quantitative estimate of drug-likeness (QED) is 0.452. The molecule has 3 heteroatoms. The topological polar surface area (TPSA) is 15.6 Å². The second kappa shape index (κ2) is 1.80. The van der Waals surface area contributed by atoms with Crippen molar-refractivity contribution in [3.63, 3.8) is 0 Å². The Balaban J connectivity index is 2.42. The molecule has 2 nitrogen and oxygen atoms in total. The second-order valence-electron chi connectivity index (χ2n) is 1.40. The van der Waals surface area contributed by atoms with Crippen LogP contribution in [0.15, 0.2) is 4.99 Å². The Morgan fingerprint density at radius 3 is 2.86 bits per heavy atom. The van der Waals surface area contributed by atoms with Crippen LogP contribution in [0.3, 0.4) is 0 Å². The maximum Gasteiger partial charge on any atom is 0.131 e. The first-order chi connectivity index (χ1) is 3.29.